The summed E-state index contributed by atoms with van der Waals surface area (Å²) in [7, 11) is 0. The molecule has 0 bridgehead atoms. The number of pyridine rings is 1. The molecule has 0 saturated carbocycles. The first-order chi connectivity index (χ1) is 8.56. The Labute approximate surface area is 103 Å². The molecule has 2 amide bonds. The minimum absolute atomic E-state index is 0.0887. The summed E-state index contributed by atoms with van der Waals surface area (Å²) in [6.45, 7) is 1.67. The van der Waals surface area contributed by atoms with Crippen LogP contribution in [0.5, 0.6) is 0 Å². The van der Waals surface area contributed by atoms with Crippen molar-refractivity contribution < 1.29 is 19.1 Å². The van der Waals surface area contributed by atoms with Gasteiger partial charge in [0.2, 0.25) is 6.04 Å². The molecule has 7 heteroatoms. The first kappa shape index (κ1) is 13.6. The third-order valence-electron chi connectivity index (χ3n) is 2.01. The highest BCUT2D eigenvalue weighted by molar-refractivity contribution is 6.06. The van der Waals surface area contributed by atoms with Crippen LogP contribution >= 0.6 is 0 Å². The number of amides is 2. The first-order valence-electron chi connectivity index (χ1n) is 5.23. The predicted molar refractivity (Wildman–Crippen MR) is 61.3 cm³/mol. The molecule has 1 rings (SSSR count). The number of aromatic nitrogens is 1. The minimum atomic E-state index is -1.50. The number of rotatable bonds is 5. The minimum Gasteiger partial charge on any atom is -0.464 e. The van der Waals surface area contributed by atoms with Gasteiger partial charge in [0, 0.05) is 12.4 Å². The highest BCUT2D eigenvalue weighted by atomic mass is 16.5. The van der Waals surface area contributed by atoms with Gasteiger partial charge in [-0.1, -0.05) is 0 Å². The smallest absolute Gasteiger partial charge is 0.338 e. The molecule has 1 atom stereocenters. The Bertz CT molecular complexity index is 447. The van der Waals surface area contributed by atoms with Crippen molar-refractivity contribution in [3.05, 3.63) is 30.1 Å². The van der Waals surface area contributed by atoms with E-state index in [1.807, 2.05) is 0 Å². The molecular weight excluding hydrogens is 238 g/mol. The highest BCUT2D eigenvalue weighted by Crippen LogP contribution is 1.97. The molecule has 7 nitrogen and oxygen atoms in total. The molecule has 3 N–H and O–H groups in total. The van der Waals surface area contributed by atoms with E-state index < -0.39 is 23.8 Å². The van der Waals surface area contributed by atoms with Gasteiger partial charge >= 0.3 is 5.97 Å². The molecule has 18 heavy (non-hydrogen) atoms. The van der Waals surface area contributed by atoms with E-state index in [0.717, 1.165) is 0 Å². The van der Waals surface area contributed by atoms with Crippen molar-refractivity contribution in [2.45, 2.75) is 13.0 Å². The summed E-state index contributed by atoms with van der Waals surface area (Å²) >= 11 is 0. The summed E-state index contributed by atoms with van der Waals surface area (Å²) in [6.07, 6.45) is 2.80. The van der Waals surface area contributed by atoms with Crippen LogP contribution in [0.4, 0.5) is 0 Å². The standard InChI is InChI=1S/C11H13N3O4/c1-2-18-11(17)8(9(12)15)14-10(16)7-4-3-5-13-6-7/h3-6,8H,2H2,1H3,(H2,12,15)(H,14,16)/t8-/m1/s1. The summed E-state index contributed by atoms with van der Waals surface area (Å²) in [5.41, 5.74) is 5.24. The number of carbonyl (C=O) groups excluding carboxylic acids is 3. The normalized spacial score (nSPS) is 11.4. The van der Waals surface area contributed by atoms with Crippen molar-refractivity contribution in [3.8, 4) is 0 Å². The summed E-state index contributed by atoms with van der Waals surface area (Å²) < 4.78 is 4.63. The van der Waals surface area contributed by atoms with Crippen molar-refractivity contribution in [2.24, 2.45) is 5.73 Å². The Morgan fingerprint density at radius 1 is 1.50 bits per heavy atom. The van der Waals surface area contributed by atoms with E-state index in [2.05, 4.69) is 15.0 Å². The van der Waals surface area contributed by atoms with Crippen LogP contribution in [0, 0.1) is 0 Å². The fraction of sp³-hybridized carbons (Fsp3) is 0.273. The number of primary amides is 1. The lowest BCUT2D eigenvalue weighted by Gasteiger charge is -2.13. The number of nitrogens with two attached hydrogens (primary N) is 1. The fourth-order valence-electron chi connectivity index (χ4n) is 1.18. The fourth-order valence-corrected chi connectivity index (χ4v) is 1.18. The molecule has 1 aromatic heterocycles. The quantitative estimate of drug-likeness (QED) is 0.527. The Kier molecular flexibility index (Phi) is 4.79. The summed E-state index contributed by atoms with van der Waals surface area (Å²) in [6, 6.07) is 1.54. The van der Waals surface area contributed by atoms with Crippen molar-refractivity contribution in [2.75, 3.05) is 6.61 Å². The van der Waals surface area contributed by atoms with E-state index in [4.69, 9.17) is 5.73 Å². The molecule has 0 aliphatic heterocycles. The van der Waals surface area contributed by atoms with E-state index in [1.165, 1.54) is 18.5 Å². The van der Waals surface area contributed by atoms with Gasteiger partial charge in [-0.15, -0.1) is 0 Å². The number of ether oxygens (including phenoxy) is 1. The topological polar surface area (TPSA) is 111 Å². The molecule has 0 fully saturated rings. The summed E-state index contributed by atoms with van der Waals surface area (Å²) in [5, 5.41) is 2.19. The van der Waals surface area contributed by atoms with Crippen LogP contribution in [0.1, 0.15) is 17.3 Å². The Hall–Kier alpha value is -2.44. The highest BCUT2D eigenvalue weighted by Gasteiger charge is 2.27. The van der Waals surface area contributed by atoms with Gasteiger partial charge in [0.15, 0.2) is 0 Å². The summed E-state index contributed by atoms with van der Waals surface area (Å²) in [4.78, 5) is 37.9. The lowest BCUT2D eigenvalue weighted by atomic mass is 10.2. The van der Waals surface area contributed by atoms with Crippen LogP contribution < -0.4 is 11.1 Å². The molecular formula is C11H13N3O4. The second-order valence-electron chi connectivity index (χ2n) is 3.30. The van der Waals surface area contributed by atoms with E-state index in [9.17, 15) is 14.4 Å². The zero-order valence-corrected chi connectivity index (χ0v) is 9.75. The monoisotopic (exact) mass is 251 g/mol. The molecule has 0 saturated heterocycles. The van der Waals surface area contributed by atoms with Crippen molar-refractivity contribution >= 4 is 17.8 Å². The van der Waals surface area contributed by atoms with Gasteiger partial charge in [0.1, 0.15) is 0 Å². The van der Waals surface area contributed by atoms with Crippen LogP contribution in [0.25, 0.3) is 0 Å². The van der Waals surface area contributed by atoms with Crippen molar-refractivity contribution in [3.63, 3.8) is 0 Å². The Morgan fingerprint density at radius 3 is 2.72 bits per heavy atom. The molecule has 0 radical (unpaired) electrons. The lowest BCUT2D eigenvalue weighted by Crippen LogP contribution is -2.50. The average molecular weight is 251 g/mol. The molecule has 0 spiro atoms. The second kappa shape index (κ2) is 6.33. The molecule has 1 heterocycles. The Balaban J connectivity index is 2.76. The molecule has 0 unspecified atom stereocenters. The molecule has 0 aliphatic carbocycles. The van der Waals surface area contributed by atoms with Crippen LogP contribution in [0.3, 0.4) is 0 Å². The third kappa shape index (κ3) is 3.55. The maximum absolute atomic E-state index is 11.7. The second-order valence-corrected chi connectivity index (χ2v) is 3.30. The predicted octanol–water partition coefficient (Wildman–Crippen LogP) is -0.772. The number of nitrogens with zero attached hydrogens (tertiary/aromatic N) is 1. The van der Waals surface area contributed by atoms with Gasteiger partial charge in [-0.25, -0.2) is 4.79 Å². The first-order valence-corrected chi connectivity index (χ1v) is 5.23. The van der Waals surface area contributed by atoms with Crippen LogP contribution in [-0.2, 0) is 14.3 Å². The van der Waals surface area contributed by atoms with E-state index in [0.29, 0.717) is 0 Å². The zero-order valence-electron chi connectivity index (χ0n) is 9.75. The maximum atomic E-state index is 11.7. The van der Waals surface area contributed by atoms with Gasteiger partial charge in [0.05, 0.1) is 12.2 Å². The Morgan fingerprint density at radius 2 is 2.22 bits per heavy atom. The third-order valence-corrected chi connectivity index (χ3v) is 2.01. The molecule has 96 valence electrons. The molecule has 1 aromatic rings. The number of hydrogen-bond donors (Lipinski definition) is 2. The number of nitrogens with one attached hydrogen (secondary N) is 1. The van der Waals surface area contributed by atoms with E-state index >= 15 is 0 Å². The maximum Gasteiger partial charge on any atom is 0.338 e. The summed E-state index contributed by atoms with van der Waals surface area (Å²) in [5.74, 6) is -2.49. The van der Waals surface area contributed by atoms with Crippen LogP contribution in [0.2, 0.25) is 0 Å². The van der Waals surface area contributed by atoms with Gasteiger partial charge in [-0.05, 0) is 19.1 Å². The average Bonchev–Trinajstić information content (AvgIpc) is 2.36. The molecule has 0 aliphatic rings. The van der Waals surface area contributed by atoms with E-state index in [1.54, 1.807) is 13.0 Å². The van der Waals surface area contributed by atoms with Crippen LogP contribution in [0.15, 0.2) is 24.5 Å². The molecule has 0 aromatic carbocycles. The van der Waals surface area contributed by atoms with Crippen molar-refractivity contribution in [1.82, 2.24) is 10.3 Å². The van der Waals surface area contributed by atoms with E-state index in [-0.39, 0.29) is 12.2 Å². The van der Waals surface area contributed by atoms with Crippen molar-refractivity contribution in [1.29, 1.82) is 0 Å². The van der Waals surface area contributed by atoms with Gasteiger partial charge < -0.3 is 15.8 Å². The number of carbonyl (C=O) groups is 3. The largest absolute Gasteiger partial charge is 0.464 e. The van der Waals surface area contributed by atoms with Gasteiger partial charge in [-0.3, -0.25) is 14.6 Å². The van der Waals surface area contributed by atoms with Gasteiger partial charge in [0.25, 0.3) is 11.8 Å². The lowest BCUT2D eigenvalue weighted by molar-refractivity contribution is -0.148. The number of esters is 1. The van der Waals surface area contributed by atoms with Gasteiger partial charge in [-0.2, -0.15) is 0 Å². The zero-order chi connectivity index (χ0) is 13.5. The van der Waals surface area contributed by atoms with Crippen LogP contribution in [-0.4, -0.2) is 35.4 Å². The SMILES string of the molecule is CCOC(=O)[C@H](NC(=O)c1cccnc1)C(N)=O. The number of hydrogen-bond acceptors (Lipinski definition) is 5.